The van der Waals surface area contributed by atoms with Crippen molar-refractivity contribution in [2.75, 3.05) is 17.6 Å². The van der Waals surface area contributed by atoms with Gasteiger partial charge in [0, 0.05) is 12.7 Å². The zero-order chi connectivity index (χ0) is 10.6. The van der Waals surface area contributed by atoms with Crippen LogP contribution in [0.25, 0.3) is 0 Å². The zero-order valence-electron chi connectivity index (χ0n) is 8.62. The van der Waals surface area contributed by atoms with Crippen molar-refractivity contribution in [3.8, 4) is 0 Å². The van der Waals surface area contributed by atoms with Gasteiger partial charge >= 0.3 is 0 Å². The average Bonchev–Trinajstić information content (AvgIpc) is 2.08. The van der Waals surface area contributed by atoms with Crippen LogP contribution in [-0.4, -0.2) is 22.7 Å². The van der Waals surface area contributed by atoms with E-state index in [1.54, 1.807) is 13.1 Å². The summed E-state index contributed by atoms with van der Waals surface area (Å²) in [5.74, 6) is 0.691. The molecule has 1 aromatic heterocycles. The van der Waals surface area contributed by atoms with Gasteiger partial charge in [0.1, 0.15) is 5.82 Å². The molecule has 1 atom stereocenters. The second-order valence-electron chi connectivity index (χ2n) is 3.51. The van der Waals surface area contributed by atoms with E-state index in [0.717, 1.165) is 5.56 Å². The van der Waals surface area contributed by atoms with E-state index < -0.39 is 0 Å². The van der Waals surface area contributed by atoms with Gasteiger partial charge in [0.05, 0.1) is 11.8 Å². The minimum atomic E-state index is -0.297. The first-order chi connectivity index (χ1) is 6.59. The number of hydrogen-bond acceptors (Lipinski definition) is 4. The molecule has 1 rings (SSSR count). The van der Waals surface area contributed by atoms with Crippen molar-refractivity contribution in [1.82, 2.24) is 4.98 Å². The van der Waals surface area contributed by atoms with Gasteiger partial charge in [-0.05, 0) is 31.9 Å². The molecule has 0 fully saturated rings. The van der Waals surface area contributed by atoms with E-state index in [1.807, 2.05) is 13.0 Å². The number of rotatable bonds is 4. The molecule has 4 heteroatoms. The predicted octanol–water partition coefficient (Wildman–Crippen LogP) is 1.16. The third-order valence-electron chi connectivity index (χ3n) is 1.91. The highest BCUT2D eigenvalue weighted by Gasteiger charge is 2.00. The molecule has 0 aliphatic rings. The molecule has 78 valence electrons. The molecule has 14 heavy (non-hydrogen) atoms. The quantitative estimate of drug-likeness (QED) is 0.674. The summed E-state index contributed by atoms with van der Waals surface area (Å²) in [4.78, 5) is 4.16. The van der Waals surface area contributed by atoms with Gasteiger partial charge in [-0.2, -0.15) is 0 Å². The van der Waals surface area contributed by atoms with Crippen LogP contribution in [0.1, 0.15) is 18.9 Å². The fourth-order valence-corrected chi connectivity index (χ4v) is 1.14. The van der Waals surface area contributed by atoms with Gasteiger partial charge in [0.25, 0.3) is 0 Å². The Labute approximate surface area is 84.2 Å². The third kappa shape index (κ3) is 3.22. The number of aliphatic hydroxyl groups excluding tert-OH is 1. The molecule has 0 aromatic carbocycles. The monoisotopic (exact) mass is 195 g/mol. The summed E-state index contributed by atoms with van der Waals surface area (Å²) in [5, 5.41) is 12.1. The van der Waals surface area contributed by atoms with Crippen LogP contribution in [0, 0.1) is 6.92 Å². The lowest BCUT2D eigenvalue weighted by molar-refractivity contribution is 0.188. The second kappa shape index (κ2) is 4.81. The topological polar surface area (TPSA) is 71.2 Å². The molecule has 0 bridgehead atoms. The number of aliphatic hydroxyl groups is 1. The molecule has 4 nitrogen and oxygen atoms in total. The summed E-state index contributed by atoms with van der Waals surface area (Å²) in [7, 11) is 0. The van der Waals surface area contributed by atoms with Crippen LogP contribution >= 0.6 is 0 Å². The lowest BCUT2D eigenvalue weighted by Gasteiger charge is -2.09. The summed E-state index contributed by atoms with van der Waals surface area (Å²) in [6, 6.07) is 1.87. The number of nitrogens with zero attached hydrogens (tertiary/aromatic N) is 1. The Morgan fingerprint density at radius 2 is 2.36 bits per heavy atom. The SMILES string of the molecule is Cc1cnc(NCCC(C)O)c(N)c1. The van der Waals surface area contributed by atoms with Crippen molar-refractivity contribution in [2.45, 2.75) is 26.4 Å². The maximum Gasteiger partial charge on any atom is 0.149 e. The largest absolute Gasteiger partial charge is 0.396 e. The molecule has 0 aliphatic heterocycles. The van der Waals surface area contributed by atoms with Gasteiger partial charge in [-0.15, -0.1) is 0 Å². The number of pyridine rings is 1. The minimum Gasteiger partial charge on any atom is -0.396 e. The maximum atomic E-state index is 9.05. The molecule has 0 radical (unpaired) electrons. The van der Waals surface area contributed by atoms with Crippen molar-refractivity contribution >= 4 is 11.5 Å². The lowest BCUT2D eigenvalue weighted by atomic mass is 10.2. The highest BCUT2D eigenvalue weighted by atomic mass is 16.3. The van der Waals surface area contributed by atoms with E-state index in [-0.39, 0.29) is 6.10 Å². The van der Waals surface area contributed by atoms with Crippen molar-refractivity contribution < 1.29 is 5.11 Å². The summed E-state index contributed by atoms with van der Waals surface area (Å²) in [6.45, 7) is 4.38. The van der Waals surface area contributed by atoms with Crippen LogP contribution in [0.15, 0.2) is 12.3 Å². The van der Waals surface area contributed by atoms with Gasteiger partial charge in [-0.3, -0.25) is 0 Å². The van der Waals surface area contributed by atoms with Gasteiger partial charge in [-0.1, -0.05) is 0 Å². The number of nitrogens with one attached hydrogen (secondary N) is 1. The number of aryl methyl sites for hydroxylation is 1. The summed E-state index contributed by atoms with van der Waals surface area (Å²) < 4.78 is 0. The van der Waals surface area contributed by atoms with Crippen molar-refractivity contribution in [1.29, 1.82) is 0 Å². The number of aromatic nitrogens is 1. The third-order valence-corrected chi connectivity index (χ3v) is 1.91. The smallest absolute Gasteiger partial charge is 0.149 e. The normalized spacial score (nSPS) is 12.5. The Morgan fingerprint density at radius 3 is 2.93 bits per heavy atom. The maximum absolute atomic E-state index is 9.05. The van der Waals surface area contributed by atoms with Crippen molar-refractivity contribution in [3.63, 3.8) is 0 Å². The Balaban J connectivity index is 2.51. The standard InChI is InChI=1S/C10H17N3O/c1-7-5-9(11)10(13-6-7)12-4-3-8(2)14/h5-6,8,14H,3-4,11H2,1-2H3,(H,12,13). The molecule has 0 amide bonds. The Kier molecular flexibility index (Phi) is 3.71. The predicted molar refractivity (Wildman–Crippen MR) is 58.2 cm³/mol. The highest BCUT2D eigenvalue weighted by molar-refractivity contribution is 5.61. The molecular weight excluding hydrogens is 178 g/mol. The van der Waals surface area contributed by atoms with Gasteiger partial charge in [-0.25, -0.2) is 4.98 Å². The van der Waals surface area contributed by atoms with E-state index in [1.165, 1.54) is 0 Å². The van der Waals surface area contributed by atoms with Gasteiger partial charge < -0.3 is 16.2 Å². The molecule has 4 N–H and O–H groups in total. The lowest BCUT2D eigenvalue weighted by Crippen LogP contribution is -2.11. The number of nitrogen functional groups attached to an aromatic ring is 1. The van der Waals surface area contributed by atoms with E-state index in [4.69, 9.17) is 10.8 Å². The Bertz CT molecular complexity index is 299. The second-order valence-corrected chi connectivity index (χ2v) is 3.51. The fraction of sp³-hybridized carbons (Fsp3) is 0.500. The fourth-order valence-electron chi connectivity index (χ4n) is 1.14. The van der Waals surface area contributed by atoms with E-state index in [9.17, 15) is 0 Å². The van der Waals surface area contributed by atoms with Crippen LogP contribution in [-0.2, 0) is 0 Å². The number of nitrogens with two attached hydrogens (primary N) is 1. The summed E-state index contributed by atoms with van der Waals surface area (Å²) in [6.07, 6.45) is 2.16. The van der Waals surface area contributed by atoms with E-state index >= 15 is 0 Å². The van der Waals surface area contributed by atoms with E-state index in [2.05, 4.69) is 10.3 Å². The molecular formula is C10H17N3O. The molecule has 0 saturated heterocycles. The van der Waals surface area contributed by atoms with Crippen LogP contribution in [0.4, 0.5) is 11.5 Å². The molecule has 0 spiro atoms. The first-order valence-electron chi connectivity index (χ1n) is 4.73. The number of hydrogen-bond donors (Lipinski definition) is 3. The van der Waals surface area contributed by atoms with Crippen molar-refractivity contribution in [2.24, 2.45) is 0 Å². The molecule has 1 aromatic rings. The Morgan fingerprint density at radius 1 is 1.64 bits per heavy atom. The zero-order valence-corrected chi connectivity index (χ0v) is 8.62. The molecule has 1 unspecified atom stereocenters. The van der Waals surface area contributed by atoms with Crippen LogP contribution in [0.3, 0.4) is 0 Å². The van der Waals surface area contributed by atoms with Gasteiger partial charge in [0.15, 0.2) is 0 Å². The van der Waals surface area contributed by atoms with Crippen LogP contribution in [0.2, 0.25) is 0 Å². The minimum absolute atomic E-state index is 0.297. The van der Waals surface area contributed by atoms with E-state index in [0.29, 0.717) is 24.5 Å². The van der Waals surface area contributed by atoms with Gasteiger partial charge in [0.2, 0.25) is 0 Å². The first-order valence-corrected chi connectivity index (χ1v) is 4.73. The first kappa shape index (κ1) is 10.8. The summed E-state index contributed by atoms with van der Waals surface area (Å²) in [5.41, 5.74) is 7.44. The highest BCUT2D eigenvalue weighted by Crippen LogP contribution is 2.15. The Hall–Kier alpha value is -1.29. The van der Waals surface area contributed by atoms with Crippen LogP contribution in [0.5, 0.6) is 0 Å². The van der Waals surface area contributed by atoms with Crippen molar-refractivity contribution in [3.05, 3.63) is 17.8 Å². The molecule has 0 aliphatic carbocycles. The average molecular weight is 195 g/mol. The molecule has 1 heterocycles. The number of anilines is 2. The van der Waals surface area contributed by atoms with Crippen LogP contribution < -0.4 is 11.1 Å². The summed E-state index contributed by atoms with van der Waals surface area (Å²) >= 11 is 0. The molecule has 0 saturated carbocycles.